The normalized spacial score (nSPS) is 25.3. The Morgan fingerprint density at radius 3 is 2.11 bits per heavy atom. The molecule has 1 heterocycles. The number of likely N-dealkylation sites (tertiary alicyclic amines) is 1. The molecule has 0 bridgehead atoms. The van der Waals surface area contributed by atoms with Crippen molar-refractivity contribution in [3.63, 3.8) is 0 Å². The molecule has 110 valence electrons. The molecule has 1 amide bonds. The molecule has 4 nitrogen and oxygen atoms in total. The summed E-state index contributed by atoms with van der Waals surface area (Å²) in [6, 6.07) is -1.40. The predicted molar refractivity (Wildman–Crippen MR) is 61.4 cm³/mol. The summed E-state index contributed by atoms with van der Waals surface area (Å²) in [6.07, 6.45) is -4.59. The van der Waals surface area contributed by atoms with Gasteiger partial charge in [-0.15, -0.1) is 0 Å². The zero-order valence-corrected chi connectivity index (χ0v) is 11.1. The first-order chi connectivity index (χ1) is 8.44. The molecule has 1 saturated heterocycles. The Balaban J connectivity index is 2.92. The Bertz CT molecular complexity index is 373. The summed E-state index contributed by atoms with van der Waals surface area (Å²) in [4.78, 5) is 22.8. The average Bonchev–Trinajstić information content (AvgIpc) is 2.24. The lowest BCUT2D eigenvalue weighted by Gasteiger charge is -2.42. The molecular weight excluding hydrogens is 263 g/mol. The maximum atomic E-state index is 12.4. The minimum Gasteiger partial charge on any atom is -0.480 e. The molecule has 2 atom stereocenters. The van der Waals surface area contributed by atoms with Gasteiger partial charge in [-0.2, -0.15) is 13.2 Å². The summed E-state index contributed by atoms with van der Waals surface area (Å²) >= 11 is 0. The Kier molecular flexibility index (Phi) is 4.17. The van der Waals surface area contributed by atoms with Gasteiger partial charge in [-0.25, -0.2) is 4.79 Å². The lowest BCUT2D eigenvalue weighted by atomic mass is 9.73. The third kappa shape index (κ3) is 3.61. The zero-order valence-electron chi connectivity index (χ0n) is 11.1. The van der Waals surface area contributed by atoms with Gasteiger partial charge in [0.25, 0.3) is 0 Å². The van der Waals surface area contributed by atoms with Gasteiger partial charge < -0.3 is 10.0 Å². The Hall–Kier alpha value is -1.27. The standard InChI is InChI=1S/C12H18F3NO3/c1-11(2,3)7-4-5-16(8(6-7)9(17)18)10(19)12(13,14)15/h7-8H,4-6H2,1-3H3,(H,17,18)/t7-,8+/m1/s1. The van der Waals surface area contributed by atoms with Gasteiger partial charge in [-0.3, -0.25) is 4.79 Å². The highest BCUT2D eigenvalue weighted by Crippen LogP contribution is 2.38. The van der Waals surface area contributed by atoms with Crippen molar-refractivity contribution in [2.45, 2.75) is 45.8 Å². The topological polar surface area (TPSA) is 57.6 Å². The van der Waals surface area contributed by atoms with Gasteiger partial charge in [0.05, 0.1) is 0 Å². The number of rotatable bonds is 1. The number of carbonyl (C=O) groups is 2. The largest absolute Gasteiger partial charge is 0.480 e. The lowest BCUT2D eigenvalue weighted by molar-refractivity contribution is -0.192. The van der Waals surface area contributed by atoms with E-state index in [9.17, 15) is 22.8 Å². The number of amides is 1. The van der Waals surface area contributed by atoms with Crippen LogP contribution in [-0.2, 0) is 9.59 Å². The first kappa shape index (κ1) is 15.8. The van der Waals surface area contributed by atoms with Crippen LogP contribution in [0.25, 0.3) is 0 Å². The van der Waals surface area contributed by atoms with Crippen LogP contribution in [-0.4, -0.2) is 40.6 Å². The molecule has 1 aliphatic rings. The first-order valence-electron chi connectivity index (χ1n) is 6.05. The van der Waals surface area contributed by atoms with Gasteiger partial charge >= 0.3 is 18.1 Å². The van der Waals surface area contributed by atoms with E-state index in [1.807, 2.05) is 20.8 Å². The molecule has 0 radical (unpaired) electrons. The Labute approximate surface area is 109 Å². The molecular formula is C12H18F3NO3. The number of piperidine rings is 1. The molecule has 1 fully saturated rings. The first-order valence-corrected chi connectivity index (χ1v) is 6.05. The lowest BCUT2D eigenvalue weighted by Crippen LogP contribution is -2.55. The Morgan fingerprint density at radius 2 is 1.74 bits per heavy atom. The van der Waals surface area contributed by atoms with Crippen molar-refractivity contribution >= 4 is 11.9 Å². The number of halogens is 3. The van der Waals surface area contributed by atoms with Crippen LogP contribution in [0.5, 0.6) is 0 Å². The minimum atomic E-state index is -5.03. The third-order valence-corrected chi connectivity index (χ3v) is 3.62. The fourth-order valence-electron chi connectivity index (χ4n) is 2.39. The van der Waals surface area contributed by atoms with E-state index in [2.05, 4.69) is 0 Å². The second-order valence-electron chi connectivity index (χ2n) is 5.94. The monoisotopic (exact) mass is 281 g/mol. The zero-order chi connectivity index (χ0) is 15.0. The van der Waals surface area contributed by atoms with Crippen LogP contribution in [0.1, 0.15) is 33.6 Å². The van der Waals surface area contributed by atoms with Crippen LogP contribution < -0.4 is 0 Å². The van der Waals surface area contributed by atoms with Gasteiger partial charge in [0, 0.05) is 6.54 Å². The van der Waals surface area contributed by atoms with Crippen LogP contribution in [0.4, 0.5) is 13.2 Å². The highest BCUT2D eigenvalue weighted by Gasteiger charge is 2.49. The number of nitrogens with zero attached hydrogens (tertiary/aromatic N) is 1. The smallest absolute Gasteiger partial charge is 0.471 e. The predicted octanol–water partition coefficient (Wildman–Crippen LogP) is 2.29. The van der Waals surface area contributed by atoms with Gasteiger partial charge in [-0.05, 0) is 24.2 Å². The highest BCUT2D eigenvalue weighted by molar-refractivity contribution is 5.87. The summed E-state index contributed by atoms with van der Waals surface area (Å²) in [6.45, 7) is 5.57. The Morgan fingerprint density at radius 1 is 1.21 bits per heavy atom. The van der Waals surface area contributed by atoms with Crippen molar-refractivity contribution in [2.24, 2.45) is 11.3 Å². The maximum absolute atomic E-state index is 12.4. The van der Waals surface area contributed by atoms with Gasteiger partial charge in [0.2, 0.25) is 0 Å². The molecule has 0 spiro atoms. The van der Waals surface area contributed by atoms with Crippen molar-refractivity contribution in [3.8, 4) is 0 Å². The van der Waals surface area contributed by atoms with E-state index >= 15 is 0 Å². The van der Waals surface area contributed by atoms with Crippen molar-refractivity contribution in [3.05, 3.63) is 0 Å². The summed E-state index contributed by atoms with van der Waals surface area (Å²) < 4.78 is 37.3. The third-order valence-electron chi connectivity index (χ3n) is 3.62. The molecule has 1 N–H and O–H groups in total. The van der Waals surface area contributed by atoms with E-state index in [0.717, 1.165) is 0 Å². The van der Waals surface area contributed by atoms with Crippen molar-refractivity contribution in [1.29, 1.82) is 0 Å². The number of hydrogen-bond acceptors (Lipinski definition) is 2. The molecule has 0 saturated carbocycles. The van der Waals surface area contributed by atoms with Crippen molar-refractivity contribution < 1.29 is 27.9 Å². The van der Waals surface area contributed by atoms with Crippen LogP contribution >= 0.6 is 0 Å². The molecule has 0 aromatic heterocycles. The van der Waals surface area contributed by atoms with Gasteiger partial charge in [0.15, 0.2) is 0 Å². The molecule has 19 heavy (non-hydrogen) atoms. The van der Waals surface area contributed by atoms with E-state index in [1.165, 1.54) is 0 Å². The fraction of sp³-hybridized carbons (Fsp3) is 0.833. The fourth-order valence-corrected chi connectivity index (χ4v) is 2.39. The SMILES string of the molecule is CC(C)(C)[C@@H]1CCN(C(=O)C(F)(F)F)[C@H](C(=O)O)C1. The molecule has 0 aliphatic carbocycles. The van der Waals surface area contributed by atoms with E-state index in [0.29, 0.717) is 11.3 Å². The second kappa shape index (κ2) is 5.02. The van der Waals surface area contributed by atoms with Crippen molar-refractivity contribution in [1.82, 2.24) is 4.90 Å². The minimum absolute atomic E-state index is 0.0223. The number of aliphatic carboxylic acids is 1. The van der Waals surface area contributed by atoms with Crippen LogP contribution in [0, 0.1) is 11.3 Å². The second-order valence-corrected chi connectivity index (χ2v) is 5.94. The molecule has 1 rings (SSSR count). The summed E-state index contributed by atoms with van der Waals surface area (Å²) in [5.74, 6) is -3.47. The molecule has 1 aliphatic heterocycles. The van der Waals surface area contributed by atoms with Crippen molar-refractivity contribution in [2.75, 3.05) is 6.54 Å². The number of carboxylic acids is 1. The van der Waals surface area contributed by atoms with E-state index in [-0.39, 0.29) is 24.3 Å². The summed E-state index contributed by atoms with van der Waals surface area (Å²) in [5.41, 5.74) is -0.193. The maximum Gasteiger partial charge on any atom is 0.471 e. The van der Waals surface area contributed by atoms with E-state index < -0.39 is 24.1 Å². The number of alkyl halides is 3. The van der Waals surface area contributed by atoms with Crippen LogP contribution in [0.2, 0.25) is 0 Å². The summed E-state index contributed by atoms with van der Waals surface area (Å²) in [5, 5.41) is 9.05. The average molecular weight is 281 g/mol. The number of carbonyl (C=O) groups excluding carboxylic acids is 1. The molecule has 0 aromatic rings. The molecule has 0 unspecified atom stereocenters. The quantitative estimate of drug-likeness (QED) is 0.802. The number of hydrogen-bond donors (Lipinski definition) is 1. The van der Waals surface area contributed by atoms with E-state index in [4.69, 9.17) is 5.11 Å². The van der Waals surface area contributed by atoms with Crippen LogP contribution in [0.15, 0.2) is 0 Å². The van der Waals surface area contributed by atoms with Crippen LogP contribution in [0.3, 0.4) is 0 Å². The van der Waals surface area contributed by atoms with Gasteiger partial charge in [0.1, 0.15) is 6.04 Å². The number of carboxylic acid groups (broad SMARTS) is 1. The molecule has 7 heteroatoms. The molecule has 0 aromatic carbocycles. The van der Waals surface area contributed by atoms with E-state index in [1.54, 1.807) is 0 Å². The van der Waals surface area contributed by atoms with Gasteiger partial charge in [-0.1, -0.05) is 20.8 Å². The summed E-state index contributed by atoms with van der Waals surface area (Å²) in [7, 11) is 0. The highest BCUT2D eigenvalue weighted by atomic mass is 19.4.